The zero-order chi connectivity index (χ0) is 15.2. The molecule has 114 valence electrons. The smallest absolute Gasteiger partial charge is 0.305 e. The Morgan fingerprint density at radius 2 is 1.95 bits per heavy atom. The lowest BCUT2D eigenvalue weighted by Gasteiger charge is -2.25. The number of aliphatic carboxylic acids is 1. The summed E-state index contributed by atoms with van der Waals surface area (Å²) in [5.74, 6) is -0.292. The van der Waals surface area contributed by atoms with Gasteiger partial charge >= 0.3 is 5.97 Å². The van der Waals surface area contributed by atoms with E-state index in [1.165, 1.54) is 19.3 Å². The number of rotatable bonds is 7. The van der Waals surface area contributed by atoms with Crippen LogP contribution in [0.5, 0.6) is 0 Å². The highest BCUT2D eigenvalue weighted by Crippen LogP contribution is 2.30. The van der Waals surface area contributed by atoms with Crippen LogP contribution in [0.4, 0.5) is 0 Å². The molecule has 1 aliphatic carbocycles. The van der Waals surface area contributed by atoms with Crippen LogP contribution in [0.1, 0.15) is 50.1 Å². The summed E-state index contributed by atoms with van der Waals surface area (Å²) in [4.78, 5) is 23.0. The van der Waals surface area contributed by atoms with Crippen LogP contribution in [0.2, 0.25) is 0 Å². The predicted molar refractivity (Wildman–Crippen MR) is 83.9 cm³/mol. The summed E-state index contributed by atoms with van der Waals surface area (Å²) in [5.41, 5.74) is 0.817. The van der Waals surface area contributed by atoms with Crippen LogP contribution in [0.15, 0.2) is 28.7 Å². The van der Waals surface area contributed by atoms with Gasteiger partial charge in [-0.15, -0.1) is 0 Å². The molecule has 0 bridgehead atoms. The minimum atomic E-state index is -0.915. The molecule has 1 aromatic carbocycles. The lowest BCUT2D eigenvalue weighted by atomic mass is 9.82. The molecule has 1 aromatic rings. The van der Waals surface area contributed by atoms with Gasteiger partial charge in [0.15, 0.2) is 0 Å². The number of halogens is 1. The van der Waals surface area contributed by atoms with Crippen LogP contribution in [0.25, 0.3) is 0 Å². The first-order chi connectivity index (χ1) is 10.0. The number of nitrogens with one attached hydrogen (secondary N) is 1. The van der Waals surface area contributed by atoms with Crippen molar-refractivity contribution in [3.05, 3.63) is 34.3 Å². The van der Waals surface area contributed by atoms with E-state index >= 15 is 0 Å². The second kappa shape index (κ2) is 7.59. The van der Waals surface area contributed by atoms with E-state index in [0.29, 0.717) is 12.3 Å². The molecular formula is C16H20BrNO3. The van der Waals surface area contributed by atoms with Gasteiger partial charge in [0.1, 0.15) is 0 Å². The minimum Gasteiger partial charge on any atom is -0.481 e. The van der Waals surface area contributed by atoms with E-state index in [-0.39, 0.29) is 12.3 Å². The zero-order valence-electron chi connectivity index (χ0n) is 11.8. The summed E-state index contributed by atoms with van der Waals surface area (Å²) in [7, 11) is 0. The number of carbonyl (C=O) groups is 2. The monoisotopic (exact) mass is 353 g/mol. The molecule has 0 heterocycles. The molecule has 0 aromatic heterocycles. The highest BCUT2D eigenvalue weighted by atomic mass is 79.9. The molecule has 0 aliphatic heterocycles. The van der Waals surface area contributed by atoms with Gasteiger partial charge in [0.25, 0.3) is 0 Å². The Bertz CT molecular complexity index is 497. The van der Waals surface area contributed by atoms with Crippen molar-refractivity contribution in [2.75, 3.05) is 0 Å². The van der Waals surface area contributed by atoms with Crippen LogP contribution >= 0.6 is 15.9 Å². The van der Waals surface area contributed by atoms with Crippen molar-refractivity contribution in [3.8, 4) is 0 Å². The first-order valence-corrected chi connectivity index (χ1v) is 8.10. The van der Waals surface area contributed by atoms with Crippen LogP contribution in [-0.4, -0.2) is 17.0 Å². The fourth-order valence-electron chi connectivity index (χ4n) is 2.51. The van der Waals surface area contributed by atoms with E-state index in [4.69, 9.17) is 5.11 Å². The third-order valence-electron chi connectivity index (χ3n) is 3.99. The molecule has 1 atom stereocenters. The fraction of sp³-hybridized carbons (Fsp3) is 0.500. The lowest BCUT2D eigenvalue weighted by Crippen LogP contribution is -2.30. The Morgan fingerprint density at radius 1 is 1.29 bits per heavy atom. The Labute approximate surface area is 133 Å². The third-order valence-corrected chi connectivity index (χ3v) is 4.52. The van der Waals surface area contributed by atoms with Gasteiger partial charge in [0, 0.05) is 10.9 Å². The number of carboxylic acid groups (broad SMARTS) is 1. The van der Waals surface area contributed by atoms with Gasteiger partial charge in [-0.2, -0.15) is 0 Å². The number of carboxylic acids is 1. The predicted octanol–water partition coefficient (Wildman–Crippen LogP) is 3.66. The average molecular weight is 354 g/mol. The van der Waals surface area contributed by atoms with Crippen molar-refractivity contribution < 1.29 is 14.7 Å². The second-order valence-corrected chi connectivity index (χ2v) is 6.52. The van der Waals surface area contributed by atoms with Gasteiger partial charge in [-0.1, -0.05) is 47.3 Å². The molecule has 1 amide bonds. The minimum absolute atomic E-state index is 0.0592. The summed E-state index contributed by atoms with van der Waals surface area (Å²) in [6.45, 7) is 0. The molecule has 1 fully saturated rings. The summed E-state index contributed by atoms with van der Waals surface area (Å²) in [6.07, 6.45) is 5.00. The van der Waals surface area contributed by atoms with Crippen molar-refractivity contribution >= 4 is 27.8 Å². The highest BCUT2D eigenvalue weighted by Gasteiger charge is 2.21. The Kier molecular flexibility index (Phi) is 5.79. The molecule has 2 rings (SSSR count). The molecule has 1 aliphatic rings. The van der Waals surface area contributed by atoms with Crippen LogP contribution in [0, 0.1) is 5.92 Å². The molecule has 4 nitrogen and oxygen atoms in total. The Balaban J connectivity index is 1.93. The first-order valence-electron chi connectivity index (χ1n) is 7.31. The van der Waals surface area contributed by atoms with Gasteiger partial charge in [-0.3, -0.25) is 9.59 Å². The van der Waals surface area contributed by atoms with Gasteiger partial charge in [-0.25, -0.2) is 0 Å². The maximum Gasteiger partial charge on any atom is 0.305 e. The standard InChI is InChI=1S/C16H20BrNO3/c17-13-7-5-12(6-8-13)14(10-16(20)21)18-15(19)9-4-11-2-1-3-11/h5-8,11,14H,1-4,9-10H2,(H,18,19)(H,20,21). The first kappa shape index (κ1) is 16.0. The zero-order valence-corrected chi connectivity index (χ0v) is 13.4. The third kappa shape index (κ3) is 5.16. The van der Waals surface area contributed by atoms with Crippen LogP contribution in [-0.2, 0) is 9.59 Å². The quantitative estimate of drug-likeness (QED) is 0.785. The molecule has 0 spiro atoms. The number of hydrogen-bond acceptors (Lipinski definition) is 2. The molecule has 1 saturated carbocycles. The summed E-state index contributed by atoms with van der Waals surface area (Å²) >= 11 is 3.35. The van der Waals surface area contributed by atoms with Crippen LogP contribution in [0.3, 0.4) is 0 Å². The number of benzene rings is 1. The molecule has 2 N–H and O–H groups in total. The Hall–Kier alpha value is -1.36. The molecule has 5 heteroatoms. The number of carbonyl (C=O) groups excluding carboxylic acids is 1. The molecule has 0 saturated heterocycles. The van der Waals surface area contributed by atoms with Gasteiger partial charge in [0.05, 0.1) is 12.5 Å². The van der Waals surface area contributed by atoms with Gasteiger partial charge in [-0.05, 0) is 30.0 Å². The Morgan fingerprint density at radius 3 is 2.48 bits per heavy atom. The highest BCUT2D eigenvalue weighted by molar-refractivity contribution is 9.10. The summed E-state index contributed by atoms with van der Waals surface area (Å²) < 4.78 is 0.927. The van der Waals surface area contributed by atoms with E-state index in [1.807, 2.05) is 24.3 Å². The van der Waals surface area contributed by atoms with Gasteiger partial charge < -0.3 is 10.4 Å². The topological polar surface area (TPSA) is 66.4 Å². The summed E-state index contributed by atoms with van der Waals surface area (Å²) in [6, 6.07) is 6.91. The largest absolute Gasteiger partial charge is 0.481 e. The number of amides is 1. The van der Waals surface area contributed by atoms with Crippen LogP contribution < -0.4 is 5.32 Å². The molecular weight excluding hydrogens is 334 g/mol. The average Bonchev–Trinajstić information content (AvgIpc) is 2.36. The maximum absolute atomic E-state index is 12.0. The van der Waals surface area contributed by atoms with E-state index < -0.39 is 12.0 Å². The van der Waals surface area contributed by atoms with Crippen molar-refractivity contribution in [2.45, 2.75) is 44.6 Å². The number of hydrogen-bond donors (Lipinski definition) is 2. The summed E-state index contributed by atoms with van der Waals surface area (Å²) in [5, 5.41) is 11.9. The van der Waals surface area contributed by atoms with Crippen molar-refractivity contribution in [2.24, 2.45) is 5.92 Å². The SMILES string of the molecule is O=C(O)CC(NC(=O)CCC1CCC1)c1ccc(Br)cc1. The van der Waals surface area contributed by atoms with E-state index in [2.05, 4.69) is 21.2 Å². The molecule has 1 unspecified atom stereocenters. The fourth-order valence-corrected chi connectivity index (χ4v) is 2.77. The second-order valence-electron chi connectivity index (χ2n) is 5.61. The van der Waals surface area contributed by atoms with Crippen molar-refractivity contribution in [3.63, 3.8) is 0 Å². The van der Waals surface area contributed by atoms with E-state index in [1.54, 1.807) is 0 Å². The lowest BCUT2D eigenvalue weighted by molar-refractivity contribution is -0.137. The van der Waals surface area contributed by atoms with Crippen molar-refractivity contribution in [1.82, 2.24) is 5.32 Å². The normalized spacial score (nSPS) is 16.0. The van der Waals surface area contributed by atoms with Crippen molar-refractivity contribution in [1.29, 1.82) is 0 Å². The molecule has 0 radical (unpaired) electrons. The van der Waals surface area contributed by atoms with E-state index in [0.717, 1.165) is 16.5 Å². The molecule has 21 heavy (non-hydrogen) atoms. The maximum atomic E-state index is 12.0. The van der Waals surface area contributed by atoms with E-state index in [9.17, 15) is 9.59 Å². The van der Waals surface area contributed by atoms with Gasteiger partial charge in [0.2, 0.25) is 5.91 Å².